The predicted molar refractivity (Wildman–Crippen MR) is 143 cm³/mol. The van der Waals surface area contributed by atoms with Gasteiger partial charge in [-0.3, -0.25) is 19.3 Å². The molecule has 7 heteroatoms. The average molecular weight is 545 g/mol. The standard InChI is InChI=1S/C28H21BrN2O3S/c1-18-6-8-19(9-7-18)15-30-16-21(23-4-2-3-5-24(23)30)14-26-27(33)31(28(34)35-26)17-25(32)20-10-12-22(29)13-11-20/h2-14,16H,15,17H2,1H3/b26-14-. The third-order valence-corrected chi connectivity index (χ3v) is 7.36. The topological polar surface area (TPSA) is 59.4 Å². The quantitative estimate of drug-likeness (QED) is 0.200. The lowest BCUT2D eigenvalue weighted by molar-refractivity contribution is -0.122. The fourth-order valence-electron chi connectivity index (χ4n) is 4.06. The average Bonchev–Trinajstić information content (AvgIpc) is 3.33. The van der Waals surface area contributed by atoms with Crippen LogP contribution in [-0.4, -0.2) is 32.9 Å². The van der Waals surface area contributed by atoms with E-state index >= 15 is 0 Å². The van der Waals surface area contributed by atoms with Gasteiger partial charge in [-0.15, -0.1) is 0 Å². The van der Waals surface area contributed by atoms with Crippen molar-refractivity contribution in [3.63, 3.8) is 0 Å². The highest BCUT2D eigenvalue weighted by molar-refractivity contribution is 9.10. The fraction of sp³-hybridized carbons (Fsp3) is 0.107. The SMILES string of the molecule is Cc1ccc(Cn2cc(/C=C3\SC(=O)N(CC(=O)c4ccc(Br)cc4)C3=O)c3ccccc32)cc1. The van der Waals surface area contributed by atoms with Gasteiger partial charge in [0.1, 0.15) is 0 Å². The third kappa shape index (κ3) is 4.88. The highest BCUT2D eigenvalue weighted by Crippen LogP contribution is 2.34. The molecule has 4 aromatic rings. The zero-order valence-corrected chi connectivity index (χ0v) is 21.3. The van der Waals surface area contributed by atoms with Gasteiger partial charge in [0.05, 0.1) is 11.4 Å². The molecule has 0 bridgehead atoms. The van der Waals surface area contributed by atoms with E-state index in [2.05, 4.69) is 51.7 Å². The fourth-order valence-corrected chi connectivity index (χ4v) is 5.15. The molecule has 0 saturated carbocycles. The molecule has 0 N–H and O–H groups in total. The second-order valence-electron chi connectivity index (χ2n) is 8.41. The molecule has 5 rings (SSSR count). The molecule has 2 amide bonds. The largest absolute Gasteiger partial charge is 0.342 e. The van der Waals surface area contributed by atoms with E-state index in [0.717, 1.165) is 37.6 Å². The predicted octanol–water partition coefficient (Wildman–Crippen LogP) is 6.68. The zero-order valence-electron chi connectivity index (χ0n) is 18.9. The van der Waals surface area contributed by atoms with E-state index in [0.29, 0.717) is 17.0 Å². The van der Waals surface area contributed by atoms with E-state index in [9.17, 15) is 14.4 Å². The molecule has 3 aromatic carbocycles. The Bertz CT molecular complexity index is 1490. The number of amides is 2. The van der Waals surface area contributed by atoms with Crippen molar-refractivity contribution in [1.29, 1.82) is 0 Å². The van der Waals surface area contributed by atoms with Crippen molar-refractivity contribution in [3.05, 3.63) is 111 Å². The molecule has 0 unspecified atom stereocenters. The number of ketones is 1. The summed E-state index contributed by atoms with van der Waals surface area (Å²) in [4.78, 5) is 39.6. The van der Waals surface area contributed by atoms with Crippen molar-refractivity contribution in [2.24, 2.45) is 0 Å². The molecule has 0 aliphatic carbocycles. The van der Waals surface area contributed by atoms with Crippen molar-refractivity contribution >= 4 is 61.6 Å². The first kappa shape index (κ1) is 23.3. The molecule has 0 radical (unpaired) electrons. The van der Waals surface area contributed by atoms with E-state index < -0.39 is 11.1 Å². The maximum absolute atomic E-state index is 13.1. The number of fused-ring (bicyclic) bond motifs is 1. The number of aryl methyl sites for hydroxylation is 1. The van der Waals surface area contributed by atoms with Crippen LogP contribution < -0.4 is 0 Å². The molecular formula is C28H21BrN2O3S. The number of halogens is 1. The Labute approximate surface area is 215 Å². The summed E-state index contributed by atoms with van der Waals surface area (Å²) in [5, 5.41) is 0.562. The summed E-state index contributed by atoms with van der Waals surface area (Å²) in [6.45, 7) is 2.48. The normalized spacial score (nSPS) is 14.9. The van der Waals surface area contributed by atoms with Gasteiger partial charge in [-0.05, 0) is 48.5 Å². The Morgan fingerprint density at radius 2 is 1.69 bits per heavy atom. The lowest BCUT2D eigenvalue weighted by Crippen LogP contribution is -2.33. The van der Waals surface area contributed by atoms with Crippen LogP contribution in [0.1, 0.15) is 27.0 Å². The Morgan fingerprint density at radius 3 is 2.43 bits per heavy atom. The van der Waals surface area contributed by atoms with Crippen molar-refractivity contribution in [1.82, 2.24) is 9.47 Å². The van der Waals surface area contributed by atoms with E-state index in [4.69, 9.17) is 0 Å². The summed E-state index contributed by atoms with van der Waals surface area (Å²) in [6, 6.07) is 23.3. The van der Waals surface area contributed by atoms with E-state index in [1.54, 1.807) is 30.3 Å². The molecule has 1 saturated heterocycles. The van der Waals surface area contributed by atoms with Crippen LogP contribution in [-0.2, 0) is 11.3 Å². The van der Waals surface area contributed by atoms with Crippen molar-refractivity contribution in [3.8, 4) is 0 Å². The number of rotatable bonds is 6. The summed E-state index contributed by atoms with van der Waals surface area (Å²) < 4.78 is 3.00. The number of para-hydroxylation sites is 1. The number of Topliss-reactive ketones (excluding diaryl/α,β-unsaturated/α-hetero) is 1. The van der Waals surface area contributed by atoms with E-state index in [-0.39, 0.29) is 12.3 Å². The number of imide groups is 1. The molecule has 5 nitrogen and oxygen atoms in total. The maximum atomic E-state index is 13.1. The maximum Gasteiger partial charge on any atom is 0.293 e. The van der Waals surface area contributed by atoms with Crippen LogP contribution in [0.4, 0.5) is 4.79 Å². The number of thioether (sulfide) groups is 1. The Balaban J connectivity index is 1.41. The summed E-state index contributed by atoms with van der Waals surface area (Å²) in [5.74, 6) is -0.725. The van der Waals surface area contributed by atoms with Crippen LogP contribution in [0.15, 0.2) is 88.4 Å². The number of hydrogen-bond acceptors (Lipinski definition) is 4. The van der Waals surface area contributed by atoms with Gasteiger partial charge in [-0.1, -0.05) is 76.1 Å². The minimum absolute atomic E-state index is 0.279. The summed E-state index contributed by atoms with van der Waals surface area (Å²) in [6.07, 6.45) is 3.76. The molecule has 1 aliphatic rings. The lowest BCUT2D eigenvalue weighted by Gasteiger charge is -2.11. The minimum atomic E-state index is -0.444. The molecule has 1 aliphatic heterocycles. The molecule has 1 fully saturated rings. The smallest absolute Gasteiger partial charge is 0.293 e. The Morgan fingerprint density at radius 1 is 0.971 bits per heavy atom. The number of nitrogens with zero attached hydrogens (tertiary/aromatic N) is 2. The molecule has 0 atom stereocenters. The van der Waals surface area contributed by atoms with Gasteiger partial charge in [0.2, 0.25) is 0 Å². The summed E-state index contributed by atoms with van der Waals surface area (Å²) >= 11 is 4.21. The van der Waals surface area contributed by atoms with Gasteiger partial charge in [0.25, 0.3) is 11.1 Å². The summed E-state index contributed by atoms with van der Waals surface area (Å²) in [7, 11) is 0. The highest BCUT2D eigenvalue weighted by Gasteiger charge is 2.36. The van der Waals surface area contributed by atoms with Crippen LogP contribution in [0.5, 0.6) is 0 Å². The number of carbonyl (C=O) groups excluding carboxylic acids is 3. The van der Waals surface area contributed by atoms with Gasteiger partial charge in [0.15, 0.2) is 5.78 Å². The number of aromatic nitrogens is 1. The molecule has 35 heavy (non-hydrogen) atoms. The zero-order chi connectivity index (χ0) is 24.5. The van der Waals surface area contributed by atoms with Gasteiger partial charge < -0.3 is 4.57 Å². The monoisotopic (exact) mass is 544 g/mol. The van der Waals surface area contributed by atoms with E-state index in [1.807, 2.05) is 30.5 Å². The Kier molecular flexibility index (Phi) is 6.45. The van der Waals surface area contributed by atoms with Crippen molar-refractivity contribution < 1.29 is 14.4 Å². The molecule has 1 aromatic heterocycles. The second kappa shape index (κ2) is 9.68. The number of hydrogen-bond donors (Lipinski definition) is 0. The van der Waals surface area contributed by atoms with Gasteiger partial charge in [0, 0.05) is 39.2 Å². The highest BCUT2D eigenvalue weighted by atomic mass is 79.9. The van der Waals surface area contributed by atoms with Crippen LogP contribution in [0.3, 0.4) is 0 Å². The first-order chi connectivity index (χ1) is 16.9. The first-order valence-electron chi connectivity index (χ1n) is 11.1. The molecule has 174 valence electrons. The van der Waals surface area contributed by atoms with Crippen molar-refractivity contribution in [2.45, 2.75) is 13.5 Å². The summed E-state index contributed by atoms with van der Waals surface area (Å²) in [5.41, 5.74) is 4.74. The third-order valence-electron chi connectivity index (χ3n) is 5.92. The number of benzene rings is 3. The Hall–Kier alpha value is -3.42. The van der Waals surface area contributed by atoms with Gasteiger partial charge in [-0.2, -0.15) is 0 Å². The molecular weight excluding hydrogens is 524 g/mol. The van der Waals surface area contributed by atoms with Crippen LogP contribution in [0.25, 0.3) is 17.0 Å². The van der Waals surface area contributed by atoms with Crippen LogP contribution >= 0.6 is 27.7 Å². The number of carbonyl (C=O) groups is 3. The van der Waals surface area contributed by atoms with Crippen molar-refractivity contribution in [2.75, 3.05) is 6.54 Å². The van der Waals surface area contributed by atoms with E-state index in [1.165, 1.54) is 11.1 Å². The van der Waals surface area contributed by atoms with Gasteiger partial charge >= 0.3 is 0 Å². The molecule has 2 heterocycles. The molecule has 0 spiro atoms. The minimum Gasteiger partial charge on any atom is -0.342 e. The lowest BCUT2D eigenvalue weighted by atomic mass is 10.1. The van der Waals surface area contributed by atoms with Crippen LogP contribution in [0.2, 0.25) is 0 Å². The second-order valence-corrected chi connectivity index (χ2v) is 10.3. The van der Waals surface area contributed by atoms with Crippen LogP contribution in [0, 0.1) is 6.92 Å². The van der Waals surface area contributed by atoms with Gasteiger partial charge in [-0.25, -0.2) is 0 Å². The first-order valence-corrected chi connectivity index (χ1v) is 12.7.